The highest BCUT2D eigenvalue weighted by Gasteiger charge is 2.43. The minimum absolute atomic E-state index is 0.0248. The maximum absolute atomic E-state index is 13.9. The lowest BCUT2D eigenvalue weighted by atomic mass is 10.1. The van der Waals surface area contributed by atoms with Crippen molar-refractivity contribution in [3.05, 3.63) is 95.1 Å². The Morgan fingerprint density at radius 1 is 1.00 bits per heavy atom. The summed E-state index contributed by atoms with van der Waals surface area (Å²) in [7, 11) is -8.32. The van der Waals surface area contributed by atoms with Crippen molar-refractivity contribution < 1.29 is 26.2 Å². The lowest BCUT2D eigenvalue weighted by molar-refractivity contribution is 0.288. The second kappa shape index (κ2) is 8.87. The van der Waals surface area contributed by atoms with Crippen LogP contribution in [0.25, 0.3) is 11.1 Å². The Bertz CT molecular complexity index is 1420. The third-order valence-corrected chi connectivity index (χ3v) is 8.21. The largest absolute Gasteiger partial charge is 0.420 e. The number of hydrogen-bond acceptors (Lipinski definition) is 7. The summed E-state index contributed by atoms with van der Waals surface area (Å²) in [6.07, 6.45) is 0. The number of hydrogen-bond donors (Lipinski definition) is 0. The van der Waals surface area contributed by atoms with Crippen molar-refractivity contribution in [3.8, 4) is 11.8 Å². The van der Waals surface area contributed by atoms with Gasteiger partial charge in [-0.1, -0.05) is 42.0 Å². The quantitative estimate of drug-likeness (QED) is 0.328. The average Bonchev–Trinajstić information content (AvgIpc) is 2.79. The van der Waals surface area contributed by atoms with Crippen molar-refractivity contribution in [2.45, 2.75) is 18.7 Å². The van der Waals surface area contributed by atoms with Crippen LogP contribution >= 0.6 is 7.60 Å². The molecule has 0 saturated carbocycles. The highest BCUT2D eigenvalue weighted by Crippen LogP contribution is 2.66. The van der Waals surface area contributed by atoms with Crippen LogP contribution in [0.1, 0.15) is 29.2 Å². The Morgan fingerprint density at radius 2 is 1.67 bits per heavy atom. The highest BCUT2D eigenvalue weighted by molar-refractivity contribution is 7.87. The van der Waals surface area contributed by atoms with Crippen LogP contribution in [0.15, 0.2) is 77.7 Å². The summed E-state index contributed by atoms with van der Waals surface area (Å²) in [6, 6.07) is 21.0. The van der Waals surface area contributed by atoms with Crippen LogP contribution in [0.4, 0.5) is 0 Å². The van der Waals surface area contributed by atoms with E-state index >= 15 is 0 Å². The molecule has 1 atom stereocenters. The van der Waals surface area contributed by atoms with Crippen LogP contribution in [0.3, 0.4) is 0 Å². The first-order valence-corrected chi connectivity index (χ1v) is 13.0. The van der Waals surface area contributed by atoms with E-state index < -0.39 is 17.7 Å². The number of nitriles is 1. The molecule has 0 fully saturated rings. The first-order chi connectivity index (χ1) is 15.8. The molecule has 0 radical (unpaired) electrons. The van der Waals surface area contributed by atoms with Gasteiger partial charge in [0.2, 0.25) is 0 Å². The summed E-state index contributed by atoms with van der Waals surface area (Å²) in [6.45, 7) is 3.55. The molecular weight excluding hydrogens is 461 g/mol. The van der Waals surface area contributed by atoms with Gasteiger partial charge >= 0.3 is 17.7 Å². The van der Waals surface area contributed by atoms with Gasteiger partial charge < -0.3 is 8.71 Å². The van der Waals surface area contributed by atoms with E-state index in [1.165, 1.54) is 24.3 Å². The number of aryl methyl sites for hydroxylation is 1. The molecule has 0 aliphatic carbocycles. The molecule has 33 heavy (non-hydrogen) atoms. The molecule has 1 aliphatic rings. The SMILES string of the molecule is CCOP1(=O)Oc2ccccc2C(OS(=O)(=O)c2ccc(C)cc2)=C1c1ccc(C#N)cc1. The molecule has 0 aromatic heterocycles. The fourth-order valence-electron chi connectivity index (χ4n) is 3.36. The zero-order valence-electron chi connectivity index (χ0n) is 17.9. The van der Waals surface area contributed by atoms with Crippen molar-refractivity contribution in [3.63, 3.8) is 0 Å². The molecule has 1 heterocycles. The van der Waals surface area contributed by atoms with Crippen molar-refractivity contribution in [1.29, 1.82) is 5.26 Å². The molecule has 4 rings (SSSR count). The van der Waals surface area contributed by atoms with Gasteiger partial charge in [-0.2, -0.15) is 13.7 Å². The second-order valence-electron chi connectivity index (χ2n) is 7.22. The van der Waals surface area contributed by atoms with E-state index in [9.17, 15) is 13.0 Å². The lowest BCUT2D eigenvalue weighted by Crippen LogP contribution is -2.14. The molecule has 3 aromatic rings. The Balaban J connectivity index is 1.98. The van der Waals surface area contributed by atoms with Gasteiger partial charge in [0.25, 0.3) is 0 Å². The summed E-state index contributed by atoms with van der Waals surface area (Å²) >= 11 is 0. The van der Waals surface area contributed by atoms with Crippen LogP contribution in [-0.4, -0.2) is 15.0 Å². The predicted molar refractivity (Wildman–Crippen MR) is 124 cm³/mol. The number of benzene rings is 3. The normalized spacial score (nSPS) is 17.6. The average molecular weight is 481 g/mol. The van der Waals surface area contributed by atoms with E-state index in [1.54, 1.807) is 55.5 Å². The molecule has 3 aromatic carbocycles. The van der Waals surface area contributed by atoms with E-state index in [0.717, 1.165) is 5.56 Å². The van der Waals surface area contributed by atoms with Gasteiger partial charge in [-0.25, -0.2) is 4.57 Å². The molecule has 0 saturated heterocycles. The highest BCUT2D eigenvalue weighted by atomic mass is 32.2. The topological polar surface area (TPSA) is 103 Å². The first kappa shape index (κ1) is 22.8. The standard InChI is InChI=1S/C24H20NO6PS/c1-3-29-32(26)24(19-12-10-18(16-25)11-13-19)23(21-6-4-5-7-22(21)30-32)31-33(27,28)20-14-8-17(2)9-15-20/h4-15H,3H2,1-2H3. The molecule has 0 bridgehead atoms. The van der Waals surface area contributed by atoms with Crippen molar-refractivity contribution in [1.82, 2.24) is 0 Å². The summed E-state index contributed by atoms with van der Waals surface area (Å²) < 4.78 is 57.3. The van der Waals surface area contributed by atoms with E-state index in [1.807, 2.05) is 13.0 Å². The molecule has 9 heteroatoms. The number of rotatable bonds is 6. The van der Waals surface area contributed by atoms with Crippen LogP contribution in [-0.2, 0) is 23.4 Å². The molecular formula is C24H20NO6PS. The van der Waals surface area contributed by atoms with Gasteiger partial charge in [-0.15, -0.1) is 0 Å². The van der Waals surface area contributed by atoms with E-state index in [4.69, 9.17) is 18.5 Å². The lowest BCUT2D eigenvalue weighted by Gasteiger charge is -2.29. The molecule has 1 unspecified atom stereocenters. The molecule has 168 valence electrons. The van der Waals surface area contributed by atoms with Crippen molar-refractivity contribution in [2.75, 3.05) is 6.61 Å². The van der Waals surface area contributed by atoms with E-state index in [0.29, 0.717) is 16.7 Å². The molecule has 1 aliphatic heterocycles. The van der Waals surface area contributed by atoms with Crippen molar-refractivity contribution in [2.24, 2.45) is 0 Å². The van der Waals surface area contributed by atoms with Crippen LogP contribution in [0.2, 0.25) is 0 Å². The first-order valence-electron chi connectivity index (χ1n) is 10.1. The zero-order valence-corrected chi connectivity index (χ0v) is 19.6. The molecule has 0 spiro atoms. The van der Waals surface area contributed by atoms with Gasteiger partial charge in [-0.3, -0.25) is 4.52 Å². The third kappa shape index (κ3) is 4.44. The zero-order chi connectivity index (χ0) is 23.6. The van der Waals surface area contributed by atoms with Crippen molar-refractivity contribution >= 4 is 28.8 Å². The fraction of sp³-hybridized carbons (Fsp3) is 0.125. The minimum Gasteiger partial charge on any atom is -0.420 e. The Morgan fingerprint density at radius 3 is 2.30 bits per heavy atom. The maximum Gasteiger partial charge on any atom is 0.415 e. The summed E-state index contributed by atoms with van der Waals surface area (Å²) in [4.78, 5) is -0.0463. The Kier molecular flexibility index (Phi) is 6.13. The molecule has 0 N–H and O–H groups in total. The van der Waals surface area contributed by atoms with E-state index in [2.05, 4.69) is 0 Å². The van der Waals surface area contributed by atoms with Crippen LogP contribution in [0.5, 0.6) is 5.75 Å². The van der Waals surface area contributed by atoms with Gasteiger partial charge in [0.15, 0.2) is 5.76 Å². The minimum atomic E-state index is -4.28. The number of fused-ring (bicyclic) bond motifs is 1. The summed E-state index contributed by atoms with van der Waals surface area (Å²) in [5.74, 6) is 0.0414. The fourth-order valence-corrected chi connectivity index (χ4v) is 6.29. The van der Waals surface area contributed by atoms with Gasteiger partial charge in [-0.05, 0) is 55.8 Å². The third-order valence-electron chi connectivity index (χ3n) is 4.93. The number of para-hydroxylation sites is 1. The number of nitrogens with zero attached hydrogens (tertiary/aromatic N) is 1. The second-order valence-corrected chi connectivity index (χ2v) is 10.6. The van der Waals surface area contributed by atoms with Gasteiger partial charge in [0.05, 0.1) is 23.8 Å². The van der Waals surface area contributed by atoms with E-state index in [-0.39, 0.29) is 28.3 Å². The van der Waals surface area contributed by atoms with Gasteiger partial charge in [0.1, 0.15) is 16.0 Å². The monoisotopic (exact) mass is 481 g/mol. The smallest absolute Gasteiger partial charge is 0.415 e. The Hall–Kier alpha value is -3.37. The van der Waals surface area contributed by atoms with Crippen LogP contribution < -0.4 is 4.52 Å². The Labute approximate surface area is 192 Å². The summed E-state index contributed by atoms with van der Waals surface area (Å²) in [5.41, 5.74) is 1.95. The summed E-state index contributed by atoms with van der Waals surface area (Å²) in [5, 5.41) is 9.11. The maximum atomic E-state index is 13.9. The predicted octanol–water partition coefficient (Wildman–Crippen LogP) is 5.72. The van der Waals surface area contributed by atoms with Crippen LogP contribution in [0, 0.1) is 18.3 Å². The molecule has 7 nitrogen and oxygen atoms in total. The van der Waals surface area contributed by atoms with Gasteiger partial charge in [0, 0.05) is 0 Å². The molecule has 0 amide bonds.